The number of likely N-dealkylation sites (N-methyl/N-ethyl adjacent to an activating group) is 1. The van der Waals surface area contributed by atoms with Crippen LogP contribution in [0.15, 0.2) is 48.8 Å². The molecule has 0 radical (unpaired) electrons. The molecule has 1 saturated heterocycles. The number of likely N-dealkylation sites (tertiary alicyclic amines) is 1. The van der Waals surface area contributed by atoms with Gasteiger partial charge in [-0.2, -0.15) is 0 Å². The van der Waals surface area contributed by atoms with E-state index in [-0.39, 0.29) is 5.82 Å². The van der Waals surface area contributed by atoms with Crippen LogP contribution in [0.25, 0.3) is 0 Å². The highest BCUT2D eigenvalue weighted by Crippen LogP contribution is 2.20. The number of benzene rings is 1. The maximum absolute atomic E-state index is 14.1. The van der Waals surface area contributed by atoms with Gasteiger partial charge < -0.3 is 0 Å². The summed E-state index contributed by atoms with van der Waals surface area (Å²) in [7, 11) is 0. The highest BCUT2D eigenvalue weighted by Gasteiger charge is 2.25. The normalized spacial score (nSPS) is 18.4. The number of hydrogen-bond donors (Lipinski definition) is 0. The van der Waals surface area contributed by atoms with Gasteiger partial charge in [0.25, 0.3) is 0 Å². The van der Waals surface area contributed by atoms with Crippen molar-refractivity contribution in [2.75, 3.05) is 19.6 Å². The van der Waals surface area contributed by atoms with Gasteiger partial charge in [-0.05, 0) is 49.7 Å². The zero-order valence-corrected chi connectivity index (χ0v) is 14.4. The maximum atomic E-state index is 14.1. The van der Waals surface area contributed by atoms with Gasteiger partial charge in [0.15, 0.2) is 0 Å². The number of nitrogens with zero attached hydrogens (tertiary/aromatic N) is 3. The monoisotopic (exact) mass is 327 g/mol. The molecule has 0 bridgehead atoms. The van der Waals surface area contributed by atoms with Gasteiger partial charge in [-0.1, -0.05) is 25.1 Å². The van der Waals surface area contributed by atoms with E-state index in [0.717, 1.165) is 25.2 Å². The standard InChI is InChI=1S/C20H26FN3/c1-2-24-13-5-7-19(24)16-23(14-17-9-11-22-12-10-17)15-18-6-3-4-8-20(18)21/h3-4,6,8-12,19H,2,5,7,13-16H2,1H3. The average molecular weight is 327 g/mol. The minimum atomic E-state index is -0.115. The van der Waals surface area contributed by atoms with E-state index in [2.05, 4.69) is 21.7 Å². The number of pyridine rings is 1. The van der Waals surface area contributed by atoms with Gasteiger partial charge in [0, 0.05) is 43.6 Å². The van der Waals surface area contributed by atoms with E-state index < -0.39 is 0 Å². The summed E-state index contributed by atoms with van der Waals surface area (Å²) < 4.78 is 14.1. The van der Waals surface area contributed by atoms with Crippen molar-refractivity contribution < 1.29 is 4.39 Å². The highest BCUT2D eigenvalue weighted by molar-refractivity contribution is 5.18. The van der Waals surface area contributed by atoms with Crippen molar-refractivity contribution in [3.8, 4) is 0 Å². The number of halogens is 1. The molecule has 1 aromatic heterocycles. The number of rotatable bonds is 7. The van der Waals surface area contributed by atoms with Gasteiger partial charge in [0.1, 0.15) is 5.82 Å². The van der Waals surface area contributed by atoms with Crippen LogP contribution in [0.1, 0.15) is 30.9 Å². The minimum Gasteiger partial charge on any atom is -0.299 e. The fourth-order valence-electron chi connectivity index (χ4n) is 3.62. The Morgan fingerprint density at radius 3 is 2.71 bits per heavy atom. The summed E-state index contributed by atoms with van der Waals surface area (Å²) in [6.45, 7) is 6.94. The molecule has 3 rings (SSSR count). The van der Waals surface area contributed by atoms with Gasteiger partial charge in [0.05, 0.1) is 0 Å². The molecule has 0 N–H and O–H groups in total. The first-order valence-corrected chi connectivity index (χ1v) is 8.85. The molecular formula is C20H26FN3. The van der Waals surface area contributed by atoms with E-state index in [1.54, 1.807) is 12.1 Å². The molecule has 0 amide bonds. The topological polar surface area (TPSA) is 19.4 Å². The fraction of sp³-hybridized carbons (Fsp3) is 0.450. The van der Waals surface area contributed by atoms with E-state index in [4.69, 9.17) is 0 Å². The van der Waals surface area contributed by atoms with Crippen LogP contribution in [0.4, 0.5) is 4.39 Å². The molecule has 3 nitrogen and oxygen atoms in total. The Morgan fingerprint density at radius 2 is 1.96 bits per heavy atom. The Kier molecular flexibility index (Phi) is 5.94. The van der Waals surface area contributed by atoms with Crippen molar-refractivity contribution in [1.82, 2.24) is 14.8 Å². The second-order valence-corrected chi connectivity index (χ2v) is 6.54. The predicted molar refractivity (Wildman–Crippen MR) is 95.0 cm³/mol. The van der Waals surface area contributed by atoms with E-state index in [1.165, 1.54) is 24.9 Å². The van der Waals surface area contributed by atoms with Crippen LogP contribution in [-0.4, -0.2) is 40.5 Å². The smallest absolute Gasteiger partial charge is 0.127 e. The van der Waals surface area contributed by atoms with Crippen LogP contribution >= 0.6 is 0 Å². The Bertz CT molecular complexity index is 632. The minimum absolute atomic E-state index is 0.115. The zero-order chi connectivity index (χ0) is 16.8. The average Bonchev–Trinajstić information content (AvgIpc) is 3.05. The van der Waals surface area contributed by atoms with Crippen molar-refractivity contribution in [3.63, 3.8) is 0 Å². The first-order chi connectivity index (χ1) is 11.8. The maximum Gasteiger partial charge on any atom is 0.127 e. The molecule has 128 valence electrons. The van der Waals surface area contributed by atoms with Crippen molar-refractivity contribution >= 4 is 0 Å². The Balaban J connectivity index is 1.74. The van der Waals surface area contributed by atoms with Crippen LogP contribution in [-0.2, 0) is 13.1 Å². The summed E-state index contributed by atoms with van der Waals surface area (Å²) >= 11 is 0. The molecule has 1 aliphatic rings. The lowest BCUT2D eigenvalue weighted by molar-refractivity contribution is 0.164. The summed E-state index contributed by atoms with van der Waals surface area (Å²) in [5, 5.41) is 0. The third-order valence-electron chi connectivity index (χ3n) is 4.88. The third-order valence-corrected chi connectivity index (χ3v) is 4.88. The Hall–Kier alpha value is -1.78. The molecule has 1 aliphatic heterocycles. The van der Waals surface area contributed by atoms with E-state index in [9.17, 15) is 4.39 Å². The van der Waals surface area contributed by atoms with Gasteiger partial charge in [-0.3, -0.25) is 14.8 Å². The molecule has 0 aliphatic carbocycles. The molecule has 4 heteroatoms. The lowest BCUT2D eigenvalue weighted by atomic mass is 10.1. The largest absolute Gasteiger partial charge is 0.299 e. The predicted octanol–water partition coefficient (Wildman–Crippen LogP) is 3.71. The Labute approximate surface area is 144 Å². The zero-order valence-electron chi connectivity index (χ0n) is 14.4. The van der Waals surface area contributed by atoms with Gasteiger partial charge in [0.2, 0.25) is 0 Å². The van der Waals surface area contributed by atoms with Gasteiger partial charge >= 0.3 is 0 Å². The quantitative estimate of drug-likeness (QED) is 0.773. The summed E-state index contributed by atoms with van der Waals surface area (Å²) in [5.74, 6) is -0.115. The molecule has 2 aromatic rings. The molecule has 1 unspecified atom stereocenters. The van der Waals surface area contributed by atoms with Gasteiger partial charge in [-0.15, -0.1) is 0 Å². The van der Waals surface area contributed by atoms with Crippen LogP contribution in [0, 0.1) is 5.82 Å². The van der Waals surface area contributed by atoms with Crippen molar-refractivity contribution in [2.45, 2.75) is 38.9 Å². The molecule has 2 heterocycles. The van der Waals surface area contributed by atoms with Crippen LogP contribution < -0.4 is 0 Å². The van der Waals surface area contributed by atoms with Crippen molar-refractivity contribution in [2.24, 2.45) is 0 Å². The summed E-state index contributed by atoms with van der Waals surface area (Å²) in [4.78, 5) is 9.00. The lowest BCUT2D eigenvalue weighted by Gasteiger charge is -2.30. The molecular weight excluding hydrogens is 301 g/mol. The SMILES string of the molecule is CCN1CCCC1CN(Cc1ccncc1)Cc1ccccc1F. The molecule has 0 saturated carbocycles. The van der Waals surface area contributed by atoms with Crippen LogP contribution in [0.5, 0.6) is 0 Å². The summed E-state index contributed by atoms with van der Waals surface area (Å²) in [5.41, 5.74) is 2.00. The fourth-order valence-corrected chi connectivity index (χ4v) is 3.62. The van der Waals surface area contributed by atoms with E-state index in [1.807, 2.05) is 36.7 Å². The molecule has 24 heavy (non-hydrogen) atoms. The number of hydrogen-bond acceptors (Lipinski definition) is 3. The van der Waals surface area contributed by atoms with Crippen molar-refractivity contribution in [3.05, 3.63) is 65.7 Å². The Morgan fingerprint density at radius 1 is 1.17 bits per heavy atom. The summed E-state index contributed by atoms with van der Waals surface area (Å²) in [6.07, 6.45) is 6.15. The second kappa shape index (κ2) is 8.36. The van der Waals surface area contributed by atoms with Crippen LogP contribution in [0.3, 0.4) is 0 Å². The van der Waals surface area contributed by atoms with Gasteiger partial charge in [-0.25, -0.2) is 4.39 Å². The highest BCUT2D eigenvalue weighted by atomic mass is 19.1. The second-order valence-electron chi connectivity index (χ2n) is 6.54. The first kappa shape index (κ1) is 17.1. The van der Waals surface area contributed by atoms with E-state index in [0.29, 0.717) is 12.6 Å². The number of aromatic nitrogens is 1. The summed E-state index contributed by atoms with van der Waals surface area (Å²) in [6, 6.07) is 11.8. The molecule has 0 spiro atoms. The third kappa shape index (κ3) is 4.40. The molecule has 1 aromatic carbocycles. The van der Waals surface area contributed by atoms with Crippen molar-refractivity contribution in [1.29, 1.82) is 0 Å². The molecule has 1 fully saturated rings. The van der Waals surface area contributed by atoms with Crippen LogP contribution in [0.2, 0.25) is 0 Å². The molecule has 1 atom stereocenters. The lowest BCUT2D eigenvalue weighted by Crippen LogP contribution is -2.39. The first-order valence-electron chi connectivity index (χ1n) is 8.85. The van der Waals surface area contributed by atoms with E-state index >= 15 is 0 Å².